The van der Waals surface area contributed by atoms with Gasteiger partial charge in [-0.3, -0.25) is 4.79 Å². The standard InChI is InChI=1S/C21H21NO4S2/c1-14-7-3-4-9-16(14)25-11-6-12-26-19-15(8-5-10-17(19)24-2)13-18-20(23)22-21(27)28-18/h3-5,7-10,13H,6,11-12H2,1-2H3,(H,22,23,27). The second kappa shape index (κ2) is 9.61. The van der Waals surface area contributed by atoms with Gasteiger partial charge in [-0.15, -0.1) is 0 Å². The van der Waals surface area contributed by atoms with E-state index in [2.05, 4.69) is 5.32 Å². The van der Waals surface area contributed by atoms with Crippen LogP contribution in [0.2, 0.25) is 0 Å². The Kier molecular flexibility index (Phi) is 6.95. The number of rotatable bonds is 8. The van der Waals surface area contributed by atoms with Crippen LogP contribution in [0.3, 0.4) is 0 Å². The van der Waals surface area contributed by atoms with Gasteiger partial charge < -0.3 is 19.5 Å². The number of nitrogens with one attached hydrogen (secondary N) is 1. The second-order valence-electron chi connectivity index (χ2n) is 6.05. The number of methoxy groups -OCH3 is 1. The maximum Gasteiger partial charge on any atom is 0.263 e. The Hall–Kier alpha value is -2.51. The lowest BCUT2D eigenvalue weighted by molar-refractivity contribution is -0.115. The first-order chi connectivity index (χ1) is 13.6. The van der Waals surface area contributed by atoms with Gasteiger partial charge in [0.1, 0.15) is 10.1 Å². The fraction of sp³-hybridized carbons (Fsp3) is 0.238. The molecule has 1 saturated heterocycles. The molecule has 0 saturated carbocycles. The first kappa shape index (κ1) is 20.2. The molecule has 28 heavy (non-hydrogen) atoms. The highest BCUT2D eigenvalue weighted by atomic mass is 32.2. The van der Waals surface area contributed by atoms with Crippen molar-refractivity contribution in [3.63, 3.8) is 0 Å². The van der Waals surface area contributed by atoms with Crippen molar-refractivity contribution < 1.29 is 19.0 Å². The maximum atomic E-state index is 11.9. The van der Waals surface area contributed by atoms with Crippen LogP contribution < -0.4 is 19.5 Å². The van der Waals surface area contributed by atoms with E-state index in [-0.39, 0.29) is 5.91 Å². The van der Waals surface area contributed by atoms with Gasteiger partial charge in [-0.25, -0.2) is 0 Å². The normalized spacial score (nSPS) is 14.9. The van der Waals surface area contributed by atoms with Gasteiger partial charge in [0.05, 0.1) is 25.2 Å². The molecule has 1 fully saturated rings. The molecule has 3 rings (SSSR count). The summed E-state index contributed by atoms with van der Waals surface area (Å²) in [5.41, 5.74) is 1.87. The minimum absolute atomic E-state index is 0.199. The van der Waals surface area contributed by atoms with E-state index in [4.69, 9.17) is 26.4 Å². The summed E-state index contributed by atoms with van der Waals surface area (Å²) in [4.78, 5) is 12.5. The van der Waals surface area contributed by atoms with Crippen LogP contribution in [0.15, 0.2) is 47.4 Å². The monoisotopic (exact) mass is 415 g/mol. The molecule has 0 spiro atoms. The van der Waals surface area contributed by atoms with Crippen molar-refractivity contribution in [2.75, 3.05) is 20.3 Å². The molecule has 7 heteroatoms. The number of aryl methyl sites for hydroxylation is 1. The molecular formula is C21H21NO4S2. The van der Waals surface area contributed by atoms with Gasteiger partial charge in [0, 0.05) is 12.0 Å². The largest absolute Gasteiger partial charge is 0.493 e. The van der Waals surface area contributed by atoms with Crippen LogP contribution in [0.4, 0.5) is 0 Å². The summed E-state index contributed by atoms with van der Waals surface area (Å²) in [5, 5.41) is 2.61. The predicted octanol–water partition coefficient (Wildman–Crippen LogP) is 4.34. The quantitative estimate of drug-likeness (QED) is 0.393. The van der Waals surface area contributed by atoms with Crippen LogP contribution in [0.1, 0.15) is 17.5 Å². The number of carbonyl (C=O) groups is 1. The van der Waals surface area contributed by atoms with E-state index in [1.54, 1.807) is 13.2 Å². The highest BCUT2D eigenvalue weighted by Gasteiger charge is 2.23. The minimum atomic E-state index is -0.199. The van der Waals surface area contributed by atoms with E-state index in [0.29, 0.717) is 40.4 Å². The first-order valence-electron chi connectivity index (χ1n) is 8.81. The minimum Gasteiger partial charge on any atom is -0.493 e. The molecule has 0 aliphatic carbocycles. The first-order valence-corrected chi connectivity index (χ1v) is 10.0. The fourth-order valence-corrected chi connectivity index (χ4v) is 3.69. The van der Waals surface area contributed by atoms with Crippen molar-refractivity contribution in [2.24, 2.45) is 0 Å². The highest BCUT2D eigenvalue weighted by molar-refractivity contribution is 8.26. The lowest BCUT2D eigenvalue weighted by atomic mass is 10.1. The van der Waals surface area contributed by atoms with Gasteiger partial charge in [0.15, 0.2) is 11.5 Å². The van der Waals surface area contributed by atoms with Crippen LogP contribution in [-0.2, 0) is 4.79 Å². The summed E-state index contributed by atoms with van der Waals surface area (Å²) in [6.07, 6.45) is 2.47. The van der Waals surface area contributed by atoms with Gasteiger partial charge >= 0.3 is 0 Å². The van der Waals surface area contributed by atoms with E-state index in [1.807, 2.05) is 49.4 Å². The lowest BCUT2D eigenvalue weighted by Gasteiger charge is -2.14. The number of carbonyl (C=O) groups excluding carboxylic acids is 1. The van der Waals surface area contributed by atoms with Gasteiger partial charge in [-0.1, -0.05) is 54.3 Å². The molecule has 1 N–H and O–H groups in total. The molecule has 1 aliphatic rings. The third kappa shape index (κ3) is 5.05. The summed E-state index contributed by atoms with van der Waals surface area (Å²) in [6, 6.07) is 13.5. The van der Waals surface area contributed by atoms with Gasteiger partial charge in [0.25, 0.3) is 5.91 Å². The Morgan fingerprint density at radius 1 is 1.07 bits per heavy atom. The molecule has 5 nitrogen and oxygen atoms in total. The van der Waals surface area contributed by atoms with Crippen LogP contribution in [0.5, 0.6) is 17.2 Å². The Morgan fingerprint density at radius 3 is 2.54 bits per heavy atom. The van der Waals surface area contributed by atoms with Crippen molar-refractivity contribution in [2.45, 2.75) is 13.3 Å². The van der Waals surface area contributed by atoms with Crippen LogP contribution in [0.25, 0.3) is 6.08 Å². The Balaban J connectivity index is 1.64. The van der Waals surface area contributed by atoms with E-state index in [1.165, 1.54) is 11.8 Å². The fourth-order valence-electron chi connectivity index (χ4n) is 2.66. The van der Waals surface area contributed by atoms with Crippen molar-refractivity contribution in [3.05, 3.63) is 58.5 Å². The van der Waals surface area contributed by atoms with Crippen molar-refractivity contribution in [1.29, 1.82) is 0 Å². The van der Waals surface area contributed by atoms with Crippen molar-refractivity contribution in [3.8, 4) is 17.2 Å². The summed E-state index contributed by atoms with van der Waals surface area (Å²) >= 11 is 6.28. The average Bonchev–Trinajstić information content (AvgIpc) is 3.00. The average molecular weight is 416 g/mol. The molecule has 0 atom stereocenters. The maximum absolute atomic E-state index is 11.9. The number of benzene rings is 2. The number of thioether (sulfide) groups is 1. The molecule has 2 aromatic carbocycles. The SMILES string of the molecule is COc1cccc(C=C2SC(=S)NC2=O)c1OCCCOc1ccccc1C. The number of thiocarbonyl (C=S) groups is 1. The zero-order chi connectivity index (χ0) is 19.9. The number of amides is 1. The lowest BCUT2D eigenvalue weighted by Crippen LogP contribution is -2.17. The summed E-state index contributed by atoms with van der Waals surface area (Å²) < 4.78 is 17.7. The number of hydrogen-bond acceptors (Lipinski definition) is 6. The van der Waals surface area contributed by atoms with Crippen LogP contribution in [0, 0.1) is 6.92 Å². The smallest absolute Gasteiger partial charge is 0.263 e. The third-order valence-electron chi connectivity index (χ3n) is 4.04. The van der Waals surface area contributed by atoms with E-state index in [9.17, 15) is 4.79 Å². The van der Waals surface area contributed by atoms with Crippen LogP contribution >= 0.6 is 24.0 Å². The topological polar surface area (TPSA) is 56.8 Å². The van der Waals surface area contributed by atoms with E-state index in [0.717, 1.165) is 16.9 Å². The molecule has 2 aromatic rings. The third-order valence-corrected chi connectivity index (χ3v) is 5.21. The molecule has 1 heterocycles. The Bertz CT molecular complexity index is 911. The Labute approximate surface area is 174 Å². The summed E-state index contributed by atoms with van der Waals surface area (Å²) in [5.74, 6) is 1.89. The van der Waals surface area contributed by atoms with Gasteiger partial charge in [-0.05, 0) is 30.7 Å². The molecular weight excluding hydrogens is 394 g/mol. The van der Waals surface area contributed by atoms with Crippen molar-refractivity contribution in [1.82, 2.24) is 5.32 Å². The van der Waals surface area contributed by atoms with Crippen molar-refractivity contribution >= 4 is 40.3 Å². The van der Waals surface area contributed by atoms with Gasteiger partial charge in [0.2, 0.25) is 0 Å². The zero-order valence-corrected chi connectivity index (χ0v) is 17.3. The molecule has 1 amide bonds. The highest BCUT2D eigenvalue weighted by Crippen LogP contribution is 2.35. The van der Waals surface area contributed by atoms with Gasteiger partial charge in [-0.2, -0.15) is 0 Å². The van der Waals surface area contributed by atoms with Crippen LogP contribution in [-0.4, -0.2) is 30.6 Å². The Morgan fingerprint density at radius 2 is 1.82 bits per heavy atom. The predicted molar refractivity (Wildman–Crippen MR) is 116 cm³/mol. The number of para-hydroxylation sites is 2. The molecule has 0 unspecified atom stereocenters. The molecule has 1 aliphatic heterocycles. The second-order valence-corrected chi connectivity index (χ2v) is 7.77. The molecule has 0 bridgehead atoms. The van der Waals surface area contributed by atoms with E-state index >= 15 is 0 Å². The summed E-state index contributed by atoms with van der Waals surface area (Å²) in [7, 11) is 1.59. The molecule has 0 radical (unpaired) electrons. The molecule has 0 aromatic heterocycles. The number of ether oxygens (including phenoxy) is 3. The molecule has 146 valence electrons. The summed E-state index contributed by atoms with van der Waals surface area (Å²) in [6.45, 7) is 3.02. The number of hydrogen-bond donors (Lipinski definition) is 1. The van der Waals surface area contributed by atoms with E-state index < -0.39 is 0 Å². The zero-order valence-electron chi connectivity index (χ0n) is 15.7.